The van der Waals surface area contributed by atoms with E-state index in [4.69, 9.17) is 5.73 Å². The molecular weight excluding hydrogens is 302 g/mol. The number of rotatable bonds is 6. The molecule has 1 aliphatic rings. The number of amides is 2. The number of carbonyl (C=O) groups excluding carboxylic acids is 2. The topological polar surface area (TPSA) is 75.4 Å². The Morgan fingerprint density at radius 3 is 2.71 bits per heavy atom. The maximum atomic E-state index is 12.5. The van der Waals surface area contributed by atoms with Crippen molar-refractivity contribution in [1.82, 2.24) is 5.32 Å². The number of nitrogens with two attached hydrogens (primary N) is 1. The molecule has 2 amide bonds. The Hall–Kier alpha value is -2.14. The van der Waals surface area contributed by atoms with Crippen LogP contribution < -0.4 is 16.0 Å². The highest BCUT2D eigenvalue weighted by atomic mass is 16.2. The van der Waals surface area contributed by atoms with Crippen LogP contribution in [0.2, 0.25) is 0 Å². The second-order valence-corrected chi connectivity index (χ2v) is 6.44. The molecule has 0 spiro atoms. The molecule has 2 rings (SSSR count). The number of fused-ring (bicyclic) bond motifs is 1. The van der Waals surface area contributed by atoms with Gasteiger partial charge in [0, 0.05) is 18.3 Å². The fourth-order valence-electron chi connectivity index (χ4n) is 2.77. The molecule has 1 heterocycles. The van der Waals surface area contributed by atoms with Crippen molar-refractivity contribution in [3.8, 4) is 0 Å². The third kappa shape index (κ3) is 4.23. The molecule has 1 aromatic carbocycles. The highest BCUT2D eigenvalue weighted by Crippen LogP contribution is 2.27. The summed E-state index contributed by atoms with van der Waals surface area (Å²) in [5, 5.41) is 2.91. The van der Waals surface area contributed by atoms with Crippen LogP contribution in [0.3, 0.4) is 0 Å². The fraction of sp³-hybridized carbons (Fsp3) is 0.474. The summed E-state index contributed by atoms with van der Waals surface area (Å²) >= 11 is 0. The molecule has 0 bridgehead atoms. The summed E-state index contributed by atoms with van der Waals surface area (Å²) in [5.74, 6) is -0.0326. The molecule has 1 aliphatic heterocycles. The third-order valence-corrected chi connectivity index (χ3v) is 4.58. The van der Waals surface area contributed by atoms with Gasteiger partial charge in [-0.15, -0.1) is 0 Å². The van der Waals surface area contributed by atoms with E-state index in [2.05, 4.69) is 18.3 Å². The van der Waals surface area contributed by atoms with Crippen LogP contribution in [0.15, 0.2) is 36.4 Å². The van der Waals surface area contributed by atoms with Gasteiger partial charge in [0.1, 0.15) is 0 Å². The molecular formula is C19H27N3O2. The Kier molecular flexibility index (Phi) is 6.15. The van der Waals surface area contributed by atoms with Crippen molar-refractivity contribution in [3.05, 3.63) is 42.0 Å². The first kappa shape index (κ1) is 18.2. The molecule has 3 unspecified atom stereocenters. The Labute approximate surface area is 143 Å². The lowest BCUT2D eigenvalue weighted by molar-refractivity contribution is -0.122. The molecule has 3 N–H and O–H groups in total. The lowest BCUT2D eigenvalue weighted by Gasteiger charge is -2.22. The highest BCUT2D eigenvalue weighted by Gasteiger charge is 2.23. The smallest absolute Gasteiger partial charge is 0.250 e. The number of benzene rings is 1. The Morgan fingerprint density at radius 1 is 1.33 bits per heavy atom. The standard InChI is InChI=1S/C19H27N3O2/c1-4-13(2)16(21-19(24)14(3)20)9-10-18(23)22-12-11-15-7-5-6-8-17(15)22/h5-10,13-14,16H,4,11-12,20H2,1-3H3,(H,21,24). The second kappa shape index (κ2) is 8.11. The monoisotopic (exact) mass is 329 g/mol. The van der Waals surface area contributed by atoms with E-state index in [9.17, 15) is 9.59 Å². The Balaban J connectivity index is 2.08. The number of anilines is 1. The van der Waals surface area contributed by atoms with Crippen molar-refractivity contribution < 1.29 is 9.59 Å². The lowest BCUT2D eigenvalue weighted by Crippen LogP contribution is -2.45. The van der Waals surface area contributed by atoms with Crippen LogP contribution in [0.25, 0.3) is 0 Å². The molecule has 0 aliphatic carbocycles. The normalized spacial score (nSPS) is 17.4. The SMILES string of the molecule is CCC(C)C(C=CC(=O)N1CCc2ccccc21)NC(=O)C(C)N. The van der Waals surface area contributed by atoms with E-state index in [1.807, 2.05) is 25.1 Å². The molecule has 0 aromatic heterocycles. The summed E-state index contributed by atoms with van der Waals surface area (Å²) in [5.41, 5.74) is 7.80. The van der Waals surface area contributed by atoms with Gasteiger partial charge in [-0.2, -0.15) is 0 Å². The van der Waals surface area contributed by atoms with Crippen LogP contribution in [-0.4, -0.2) is 30.4 Å². The molecule has 0 saturated carbocycles. The molecule has 24 heavy (non-hydrogen) atoms. The van der Waals surface area contributed by atoms with Crippen LogP contribution in [0, 0.1) is 5.92 Å². The third-order valence-electron chi connectivity index (χ3n) is 4.58. The highest BCUT2D eigenvalue weighted by molar-refractivity contribution is 6.03. The average molecular weight is 329 g/mol. The van der Waals surface area contributed by atoms with E-state index >= 15 is 0 Å². The minimum Gasteiger partial charge on any atom is -0.348 e. The van der Waals surface area contributed by atoms with Gasteiger partial charge in [0.05, 0.1) is 12.1 Å². The number of hydrogen-bond donors (Lipinski definition) is 2. The number of nitrogens with zero attached hydrogens (tertiary/aromatic N) is 1. The predicted molar refractivity (Wildman–Crippen MR) is 96.7 cm³/mol. The average Bonchev–Trinajstić information content (AvgIpc) is 3.01. The largest absolute Gasteiger partial charge is 0.348 e. The molecule has 5 nitrogen and oxygen atoms in total. The van der Waals surface area contributed by atoms with Crippen LogP contribution >= 0.6 is 0 Å². The van der Waals surface area contributed by atoms with E-state index < -0.39 is 6.04 Å². The first-order valence-electron chi connectivity index (χ1n) is 8.57. The Bertz CT molecular complexity index is 625. The van der Waals surface area contributed by atoms with Gasteiger partial charge in [-0.1, -0.05) is 44.5 Å². The van der Waals surface area contributed by atoms with Crippen molar-refractivity contribution >= 4 is 17.5 Å². The molecule has 0 radical (unpaired) electrons. The number of hydrogen-bond acceptors (Lipinski definition) is 3. The quantitative estimate of drug-likeness (QED) is 0.784. The number of carbonyl (C=O) groups is 2. The maximum Gasteiger partial charge on any atom is 0.250 e. The van der Waals surface area contributed by atoms with E-state index in [1.54, 1.807) is 24.0 Å². The van der Waals surface area contributed by atoms with Gasteiger partial charge >= 0.3 is 0 Å². The molecule has 1 aromatic rings. The summed E-state index contributed by atoms with van der Waals surface area (Å²) in [6, 6.07) is 7.20. The zero-order valence-corrected chi connectivity index (χ0v) is 14.7. The molecule has 130 valence electrons. The minimum absolute atomic E-state index is 0.0525. The van der Waals surface area contributed by atoms with Crippen LogP contribution in [0.4, 0.5) is 5.69 Å². The first-order valence-corrected chi connectivity index (χ1v) is 8.57. The fourth-order valence-corrected chi connectivity index (χ4v) is 2.77. The number of para-hydroxylation sites is 1. The van der Waals surface area contributed by atoms with E-state index in [0.717, 1.165) is 18.5 Å². The van der Waals surface area contributed by atoms with Gasteiger partial charge in [-0.3, -0.25) is 9.59 Å². The summed E-state index contributed by atoms with van der Waals surface area (Å²) in [6.07, 6.45) is 5.14. The van der Waals surface area contributed by atoms with Gasteiger partial charge in [-0.05, 0) is 30.9 Å². The molecule has 0 saturated heterocycles. The van der Waals surface area contributed by atoms with Crippen LogP contribution in [-0.2, 0) is 16.0 Å². The molecule has 0 fully saturated rings. The van der Waals surface area contributed by atoms with Gasteiger partial charge in [-0.25, -0.2) is 0 Å². The zero-order chi connectivity index (χ0) is 17.7. The van der Waals surface area contributed by atoms with Crippen molar-refractivity contribution in [2.45, 2.75) is 45.7 Å². The van der Waals surface area contributed by atoms with Gasteiger partial charge < -0.3 is 16.0 Å². The number of nitrogens with one attached hydrogen (secondary N) is 1. The molecule has 5 heteroatoms. The van der Waals surface area contributed by atoms with Crippen molar-refractivity contribution in [3.63, 3.8) is 0 Å². The summed E-state index contributed by atoms with van der Waals surface area (Å²) < 4.78 is 0. The zero-order valence-electron chi connectivity index (χ0n) is 14.7. The van der Waals surface area contributed by atoms with Gasteiger partial charge in [0.25, 0.3) is 5.91 Å². The van der Waals surface area contributed by atoms with E-state index in [0.29, 0.717) is 6.54 Å². The maximum absolute atomic E-state index is 12.5. The summed E-state index contributed by atoms with van der Waals surface area (Å²) in [6.45, 7) is 6.45. The van der Waals surface area contributed by atoms with Crippen LogP contribution in [0.1, 0.15) is 32.8 Å². The lowest BCUT2D eigenvalue weighted by atomic mass is 9.98. The van der Waals surface area contributed by atoms with Crippen molar-refractivity contribution in [2.24, 2.45) is 11.7 Å². The van der Waals surface area contributed by atoms with Crippen LogP contribution in [0.5, 0.6) is 0 Å². The predicted octanol–water partition coefficient (Wildman–Crippen LogP) is 2.01. The van der Waals surface area contributed by atoms with Gasteiger partial charge in [0.15, 0.2) is 0 Å². The van der Waals surface area contributed by atoms with E-state index in [1.165, 1.54) is 5.56 Å². The van der Waals surface area contributed by atoms with Gasteiger partial charge in [0.2, 0.25) is 5.91 Å². The molecule has 3 atom stereocenters. The van der Waals surface area contributed by atoms with Crippen molar-refractivity contribution in [1.29, 1.82) is 0 Å². The van der Waals surface area contributed by atoms with Crippen molar-refractivity contribution in [2.75, 3.05) is 11.4 Å². The second-order valence-electron chi connectivity index (χ2n) is 6.44. The Morgan fingerprint density at radius 2 is 2.04 bits per heavy atom. The summed E-state index contributed by atoms with van der Waals surface area (Å²) in [4.78, 5) is 26.2. The minimum atomic E-state index is -0.564. The van der Waals surface area contributed by atoms with E-state index in [-0.39, 0.29) is 23.8 Å². The summed E-state index contributed by atoms with van der Waals surface area (Å²) in [7, 11) is 0. The first-order chi connectivity index (χ1) is 11.4.